The molecule has 0 aliphatic heterocycles. The van der Waals surface area contributed by atoms with Crippen molar-refractivity contribution in [2.45, 2.75) is 0 Å². The van der Waals surface area contributed by atoms with Gasteiger partial charge >= 0.3 is 5.97 Å². The highest BCUT2D eigenvalue weighted by Gasteiger charge is 2.08. The third-order valence-electron chi connectivity index (χ3n) is 3.72. The summed E-state index contributed by atoms with van der Waals surface area (Å²) in [5.74, 6) is 0.196. The number of carboxylic acids is 1. The van der Waals surface area contributed by atoms with Crippen molar-refractivity contribution in [3.63, 3.8) is 0 Å². The molecule has 128 valence electrons. The molecule has 2 aromatic heterocycles. The molecule has 2 heterocycles. The van der Waals surface area contributed by atoms with Crippen molar-refractivity contribution in [3.05, 3.63) is 68.6 Å². The van der Waals surface area contributed by atoms with Gasteiger partial charge in [-0.15, -0.1) is 0 Å². The number of carboxylic acid groups (broad SMARTS) is 1. The van der Waals surface area contributed by atoms with Crippen LogP contribution in [0, 0.1) is 0 Å². The molecule has 7 nitrogen and oxygen atoms in total. The second-order valence-corrected chi connectivity index (χ2v) is 5.71. The van der Waals surface area contributed by atoms with Gasteiger partial charge in [-0.1, -0.05) is 6.58 Å². The molecule has 0 saturated heterocycles. The third kappa shape index (κ3) is 3.12. The maximum Gasteiger partial charge on any atom is 0.335 e. The van der Waals surface area contributed by atoms with Crippen molar-refractivity contribution in [2.75, 3.05) is 19.0 Å². The first-order valence-corrected chi connectivity index (χ1v) is 7.49. The van der Waals surface area contributed by atoms with Gasteiger partial charge < -0.3 is 14.4 Å². The Bertz CT molecular complexity index is 1080. The van der Waals surface area contributed by atoms with Crippen LogP contribution in [-0.4, -0.2) is 35.0 Å². The Hall–Kier alpha value is -3.48. The van der Waals surface area contributed by atoms with E-state index in [0.717, 1.165) is 0 Å². The van der Waals surface area contributed by atoms with Crippen LogP contribution in [-0.2, 0) is 0 Å². The SMILES string of the molecule is C=c1[nH]n(-c2ccc(C(=O)O)cc2)c(=O)c1=Cc1ccc(N(C)C)o1. The van der Waals surface area contributed by atoms with Gasteiger partial charge in [-0.3, -0.25) is 9.89 Å². The number of hydrogen-bond acceptors (Lipinski definition) is 4. The highest BCUT2D eigenvalue weighted by molar-refractivity contribution is 5.87. The fourth-order valence-corrected chi connectivity index (χ4v) is 2.38. The molecule has 0 aliphatic rings. The van der Waals surface area contributed by atoms with E-state index in [9.17, 15) is 9.59 Å². The highest BCUT2D eigenvalue weighted by atomic mass is 16.4. The van der Waals surface area contributed by atoms with Gasteiger partial charge in [0.15, 0.2) is 5.88 Å². The molecule has 3 rings (SSSR count). The van der Waals surface area contributed by atoms with Gasteiger partial charge in [0.25, 0.3) is 5.56 Å². The lowest BCUT2D eigenvalue weighted by Crippen LogP contribution is -2.33. The number of H-pyrrole nitrogens is 1. The zero-order chi connectivity index (χ0) is 18.1. The van der Waals surface area contributed by atoms with E-state index in [0.29, 0.717) is 27.9 Å². The van der Waals surface area contributed by atoms with Crippen LogP contribution in [0.4, 0.5) is 5.88 Å². The Morgan fingerprint density at radius 1 is 1.24 bits per heavy atom. The summed E-state index contributed by atoms with van der Waals surface area (Å²) in [7, 11) is 3.72. The van der Waals surface area contributed by atoms with Crippen LogP contribution in [0.3, 0.4) is 0 Å². The van der Waals surface area contributed by atoms with Crippen LogP contribution in [0.25, 0.3) is 18.3 Å². The summed E-state index contributed by atoms with van der Waals surface area (Å²) >= 11 is 0. The number of furan rings is 1. The van der Waals surface area contributed by atoms with Crippen molar-refractivity contribution in [3.8, 4) is 5.69 Å². The van der Waals surface area contributed by atoms with Gasteiger partial charge in [-0.05, 0) is 36.4 Å². The number of carbonyl (C=O) groups is 1. The summed E-state index contributed by atoms with van der Waals surface area (Å²) in [6.07, 6.45) is 1.62. The molecule has 7 heteroatoms. The summed E-state index contributed by atoms with van der Waals surface area (Å²) in [4.78, 5) is 25.4. The molecule has 0 bridgehead atoms. The molecule has 0 saturated carbocycles. The zero-order valence-corrected chi connectivity index (χ0v) is 13.8. The van der Waals surface area contributed by atoms with Crippen LogP contribution in [0.1, 0.15) is 16.1 Å². The molecule has 0 unspecified atom stereocenters. The summed E-state index contributed by atoms with van der Waals surface area (Å²) in [5.41, 5.74) is 0.376. The lowest BCUT2D eigenvalue weighted by atomic mass is 10.2. The first-order valence-electron chi connectivity index (χ1n) is 7.49. The summed E-state index contributed by atoms with van der Waals surface area (Å²) in [6.45, 7) is 3.86. The second kappa shape index (κ2) is 6.20. The molecule has 0 atom stereocenters. The lowest BCUT2D eigenvalue weighted by molar-refractivity contribution is 0.0697. The molecule has 2 N–H and O–H groups in total. The third-order valence-corrected chi connectivity index (χ3v) is 3.72. The number of nitrogens with zero attached hydrogens (tertiary/aromatic N) is 2. The van der Waals surface area contributed by atoms with Crippen LogP contribution in [0.5, 0.6) is 0 Å². The number of rotatable bonds is 4. The van der Waals surface area contributed by atoms with Crippen LogP contribution in [0.2, 0.25) is 0 Å². The molecule has 0 radical (unpaired) electrons. The second-order valence-electron chi connectivity index (χ2n) is 5.71. The van der Waals surface area contributed by atoms with Crippen molar-refractivity contribution >= 4 is 24.5 Å². The quantitative estimate of drug-likeness (QED) is 0.732. The van der Waals surface area contributed by atoms with Crippen molar-refractivity contribution in [1.82, 2.24) is 9.78 Å². The average molecular weight is 339 g/mol. The molecule has 0 aliphatic carbocycles. The van der Waals surface area contributed by atoms with E-state index in [1.165, 1.54) is 16.8 Å². The van der Waals surface area contributed by atoms with E-state index in [2.05, 4.69) is 11.7 Å². The molecule has 3 aromatic rings. The molecule has 25 heavy (non-hydrogen) atoms. The Morgan fingerprint density at radius 2 is 1.92 bits per heavy atom. The molecular weight excluding hydrogens is 322 g/mol. The fraction of sp³-hybridized carbons (Fsp3) is 0.111. The summed E-state index contributed by atoms with van der Waals surface area (Å²) in [5, 5.41) is 12.7. The number of aromatic amines is 1. The van der Waals surface area contributed by atoms with E-state index in [4.69, 9.17) is 9.52 Å². The number of anilines is 1. The minimum absolute atomic E-state index is 0.150. The van der Waals surface area contributed by atoms with Crippen LogP contribution < -0.4 is 21.0 Å². The molecule has 0 fully saturated rings. The number of benzene rings is 1. The smallest absolute Gasteiger partial charge is 0.335 e. The Balaban J connectivity index is 2.06. The van der Waals surface area contributed by atoms with Crippen LogP contribution in [0.15, 0.2) is 45.6 Å². The summed E-state index contributed by atoms with van der Waals surface area (Å²) in [6, 6.07) is 9.57. The van der Waals surface area contributed by atoms with Crippen molar-refractivity contribution < 1.29 is 14.3 Å². The predicted molar refractivity (Wildman–Crippen MR) is 94.7 cm³/mol. The Labute approximate surface area is 142 Å². The maximum absolute atomic E-state index is 12.6. The van der Waals surface area contributed by atoms with Crippen molar-refractivity contribution in [2.24, 2.45) is 0 Å². The minimum atomic E-state index is -1.02. The molecular formula is C18H17N3O4. The van der Waals surface area contributed by atoms with E-state index in [-0.39, 0.29) is 11.1 Å². The predicted octanol–water partition coefficient (Wildman–Crippen LogP) is 0.762. The largest absolute Gasteiger partial charge is 0.478 e. The van der Waals surface area contributed by atoms with E-state index in [1.807, 2.05) is 25.1 Å². The first kappa shape index (κ1) is 16.4. The first-order chi connectivity index (χ1) is 11.9. The van der Waals surface area contributed by atoms with Gasteiger partial charge in [0, 0.05) is 20.2 Å². The van der Waals surface area contributed by atoms with Gasteiger partial charge in [0.2, 0.25) is 0 Å². The number of hydrogen-bond donors (Lipinski definition) is 2. The Kier molecular flexibility index (Phi) is 4.06. The fourth-order valence-electron chi connectivity index (χ4n) is 2.38. The van der Waals surface area contributed by atoms with Gasteiger partial charge in [0.1, 0.15) is 5.76 Å². The highest BCUT2D eigenvalue weighted by Crippen LogP contribution is 2.15. The van der Waals surface area contributed by atoms with E-state index < -0.39 is 5.97 Å². The zero-order valence-electron chi connectivity index (χ0n) is 13.8. The number of aromatic nitrogens is 2. The topological polar surface area (TPSA) is 91.5 Å². The van der Waals surface area contributed by atoms with Crippen LogP contribution >= 0.6 is 0 Å². The molecule has 0 spiro atoms. The van der Waals surface area contributed by atoms with E-state index >= 15 is 0 Å². The standard InChI is InChI=1S/C18H17N3O4/c1-11-15(10-14-8-9-16(25-14)20(2)3)17(22)21(19-11)13-6-4-12(5-7-13)18(23)24/h4-10,19H,1H2,2-3H3,(H,23,24). The molecule has 1 aromatic carbocycles. The van der Waals surface area contributed by atoms with Crippen molar-refractivity contribution in [1.29, 1.82) is 0 Å². The normalized spacial score (nSPS) is 11.7. The maximum atomic E-state index is 12.6. The lowest BCUT2D eigenvalue weighted by Gasteiger charge is -2.05. The van der Waals surface area contributed by atoms with E-state index in [1.54, 1.807) is 24.3 Å². The van der Waals surface area contributed by atoms with Gasteiger partial charge in [-0.25, -0.2) is 9.48 Å². The molecule has 0 amide bonds. The Morgan fingerprint density at radius 3 is 2.48 bits per heavy atom. The number of nitrogens with one attached hydrogen (secondary N) is 1. The number of aromatic carboxylic acids is 1. The van der Waals surface area contributed by atoms with Gasteiger partial charge in [0.05, 0.1) is 21.8 Å². The monoisotopic (exact) mass is 339 g/mol. The minimum Gasteiger partial charge on any atom is -0.478 e. The summed E-state index contributed by atoms with van der Waals surface area (Å²) < 4.78 is 6.95. The average Bonchev–Trinajstić information content (AvgIpc) is 3.15. The van der Waals surface area contributed by atoms with Gasteiger partial charge in [-0.2, -0.15) is 0 Å².